The molecule has 4 aromatic rings. The highest BCUT2D eigenvalue weighted by Crippen LogP contribution is 2.31. The molecule has 5 rings (SSSR count). The molecule has 7 nitrogen and oxygen atoms in total. The molecule has 0 saturated heterocycles. The lowest BCUT2D eigenvalue weighted by atomic mass is 10.0. The van der Waals surface area contributed by atoms with Gasteiger partial charge in [0.15, 0.2) is 0 Å². The smallest absolute Gasteiger partial charge is 0.290 e. The van der Waals surface area contributed by atoms with E-state index < -0.39 is 6.10 Å². The molecule has 0 spiro atoms. The molecule has 1 atom stereocenters. The SMILES string of the molecule is Clc1ccc(N2CCc3c([nH]c4ccc(Cl)cc34)C2)cc1.O=CO.OCC(O)CCOc1ccccc1. The van der Waals surface area contributed by atoms with Crippen molar-refractivity contribution in [2.75, 3.05) is 24.7 Å². The van der Waals surface area contributed by atoms with Gasteiger partial charge in [-0.25, -0.2) is 0 Å². The van der Waals surface area contributed by atoms with Crippen LogP contribution in [-0.2, 0) is 17.8 Å². The van der Waals surface area contributed by atoms with E-state index in [2.05, 4.69) is 34.1 Å². The highest BCUT2D eigenvalue weighted by molar-refractivity contribution is 6.31. The Bertz CT molecular complexity index is 1250. The van der Waals surface area contributed by atoms with Crippen molar-refractivity contribution >= 4 is 46.3 Å². The number of aliphatic hydroxyl groups is 2. The summed E-state index contributed by atoms with van der Waals surface area (Å²) in [6.45, 7) is 1.86. The van der Waals surface area contributed by atoms with Crippen LogP contribution in [0.5, 0.6) is 5.75 Å². The molecule has 1 aliphatic heterocycles. The Balaban J connectivity index is 0.000000205. The summed E-state index contributed by atoms with van der Waals surface area (Å²) in [5.74, 6) is 0.785. The Kier molecular flexibility index (Phi) is 11.1. The normalized spacial score (nSPS) is 12.9. The summed E-state index contributed by atoms with van der Waals surface area (Å²) in [4.78, 5) is 14.3. The number of anilines is 1. The topological polar surface area (TPSA) is 106 Å². The van der Waals surface area contributed by atoms with Gasteiger partial charge in [-0.15, -0.1) is 0 Å². The molecule has 196 valence electrons. The molecule has 0 aliphatic carbocycles. The first kappa shape index (κ1) is 28.3. The zero-order valence-electron chi connectivity index (χ0n) is 20.2. The number of halogens is 2. The van der Waals surface area contributed by atoms with Crippen LogP contribution in [-0.4, -0.2) is 52.6 Å². The fourth-order valence-corrected chi connectivity index (χ4v) is 4.30. The maximum absolute atomic E-state index is 9.01. The molecular weight excluding hydrogens is 515 g/mol. The van der Waals surface area contributed by atoms with Gasteiger partial charge in [0.05, 0.1) is 25.9 Å². The Morgan fingerprint density at radius 3 is 2.38 bits per heavy atom. The number of aromatic nitrogens is 1. The molecule has 0 amide bonds. The first-order valence-corrected chi connectivity index (χ1v) is 12.5. The van der Waals surface area contributed by atoms with E-state index in [1.807, 2.05) is 48.5 Å². The monoisotopic (exact) mass is 544 g/mol. The quantitative estimate of drug-likeness (QED) is 0.237. The zero-order chi connectivity index (χ0) is 26.6. The Morgan fingerprint density at radius 2 is 1.70 bits per heavy atom. The zero-order valence-corrected chi connectivity index (χ0v) is 21.7. The lowest BCUT2D eigenvalue weighted by Crippen LogP contribution is -2.30. The maximum Gasteiger partial charge on any atom is 0.290 e. The van der Waals surface area contributed by atoms with Crippen LogP contribution < -0.4 is 9.64 Å². The lowest BCUT2D eigenvalue weighted by molar-refractivity contribution is -0.122. The number of aromatic amines is 1. The molecule has 0 bridgehead atoms. The highest BCUT2D eigenvalue weighted by atomic mass is 35.5. The third kappa shape index (κ3) is 8.40. The average molecular weight is 545 g/mol. The van der Waals surface area contributed by atoms with Gasteiger partial charge in [0, 0.05) is 45.3 Å². The molecule has 0 saturated carbocycles. The van der Waals surface area contributed by atoms with Crippen LogP contribution in [0, 0.1) is 0 Å². The summed E-state index contributed by atoms with van der Waals surface area (Å²) < 4.78 is 5.31. The number of hydrogen-bond acceptors (Lipinski definition) is 5. The van der Waals surface area contributed by atoms with Crippen molar-refractivity contribution in [2.45, 2.75) is 25.5 Å². The second kappa shape index (κ2) is 14.5. The number of rotatable bonds is 6. The van der Waals surface area contributed by atoms with Crippen LogP contribution >= 0.6 is 23.2 Å². The van der Waals surface area contributed by atoms with E-state index in [1.54, 1.807) is 0 Å². The number of nitrogens with one attached hydrogen (secondary N) is 1. The molecule has 0 radical (unpaired) electrons. The molecule has 1 aliphatic rings. The average Bonchev–Trinajstić information content (AvgIpc) is 3.27. The van der Waals surface area contributed by atoms with Crippen molar-refractivity contribution in [3.8, 4) is 5.75 Å². The number of fused-ring (bicyclic) bond motifs is 3. The largest absolute Gasteiger partial charge is 0.493 e. The van der Waals surface area contributed by atoms with Gasteiger partial charge in [-0.3, -0.25) is 4.79 Å². The molecule has 1 unspecified atom stereocenters. The van der Waals surface area contributed by atoms with E-state index in [0.717, 1.165) is 35.3 Å². The number of benzene rings is 3. The van der Waals surface area contributed by atoms with Crippen LogP contribution in [0.1, 0.15) is 17.7 Å². The molecule has 4 N–H and O–H groups in total. The molecular formula is C28H30Cl2N2O5. The summed E-state index contributed by atoms with van der Waals surface area (Å²) in [6, 6.07) is 23.5. The van der Waals surface area contributed by atoms with Gasteiger partial charge in [0.1, 0.15) is 5.75 Å². The van der Waals surface area contributed by atoms with Gasteiger partial charge < -0.3 is 29.9 Å². The number of para-hydroxylation sites is 1. The second-order valence-electron chi connectivity index (χ2n) is 8.31. The minimum absolute atomic E-state index is 0.210. The Morgan fingerprint density at radius 1 is 1.03 bits per heavy atom. The lowest BCUT2D eigenvalue weighted by Gasteiger charge is -2.29. The molecule has 2 heterocycles. The van der Waals surface area contributed by atoms with Crippen LogP contribution in [0.3, 0.4) is 0 Å². The van der Waals surface area contributed by atoms with Gasteiger partial charge in [-0.05, 0) is 66.6 Å². The van der Waals surface area contributed by atoms with Crippen molar-refractivity contribution < 1.29 is 24.9 Å². The van der Waals surface area contributed by atoms with E-state index in [-0.39, 0.29) is 13.1 Å². The molecule has 1 aromatic heterocycles. The van der Waals surface area contributed by atoms with E-state index >= 15 is 0 Å². The van der Waals surface area contributed by atoms with Crippen molar-refractivity contribution in [3.05, 3.63) is 94.1 Å². The third-order valence-electron chi connectivity index (χ3n) is 5.80. The predicted molar refractivity (Wildman–Crippen MR) is 148 cm³/mol. The summed E-state index contributed by atoms with van der Waals surface area (Å²) in [6.07, 6.45) is 0.799. The first-order valence-electron chi connectivity index (χ1n) is 11.8. The highest BCUT2D eigenvalue weighted by Gasteiger charge is 2.20. The fraction of sp³-hybridized carbons (Fsp3) is 0.250. The van der Waals surface area contributed by atoms with Gasteiger partial charge in [0.25, 0.3) is 6.47 Å². The van der Waals surface area contributed by atoms with Gasteiger partial charge in [0.2, 0.25) is 0 Å². The first-order chi connectivity index (χ1) is 17.9. The number of carbonyl (C=O) groups is 1. The minimum atomic E-state index is -0.677. The molecule has 3 aromatic carbocycles. The summed E-state index contributed by atoms with van der Waals surface area (Å²) in [7, 11) is 0. The van der Waals surface area contributed by atoms with Crippen molar-refractivity contribution in [2.24, 2.45) is 0 Å². The Hall–Kier alpha value is -3.23. The standard InChI is InChI=1S/C17H14Cl2N2.C10H14O3.CH2O2/c18-11-1-4-13(5-2-11)21-8-7-14-15-9-12(19)3-6-16(15)20-17(14)10-21;11-8-9(12)6-7-13-10-4-2-1-3-5-10;2-1-3/h1-6,9,20H,7-8,10H2;1-5,9,11-12H,6-8H2;1H,(H,2,3). The van der Waals surface area contributed by atoms with Crippen molar-refractivity contribution in [1.82, 2.24) is 4.98 Å². The summed E-state index contributed by atoms with van der Waals surface area (Å²) in [5, 5.41) is 27.2. The van der Waals surface area contributed by atoms with E-state index in [9.17, 15) is 0 Å². The number of hydrogen-bond donors (Lipinski definition) is 4. The van der Waals surface area contributed by atoms with Crippen LogP contribution in [0.4, 0.5) is 5.69 Å². The number of aliphatic hydroxyl groups excluding tert-OH is 2. The van der Waals surface area contributed by atoms with Gasteiger partial charge >= 0.3 is 0 Å². The minimum Gasteiger partial charge on any atom is -0.493 e. The maximum atomic E-state index is 9.01. The Labute approximate surface area is 225 Å². The second-order valence-corrected chi connectivity index (χ2v) is 9.18. The summed E-state index contributed by atoms with van der Waals surface area (Å²) >= 11 is 12.1. The summed E-state index contributed by atoms with van der Waals surface area (Å²) in [5.41, 5.74) is 5.07. The fourth-order valence-electron chi connectivity index (χ4n) is 4.01. The number of carboxylic acid groups (broad SMARTS) is 1. The third-order valence-corrected chi connectivity index (χ3v) is 6.29. The van der Waals surface area contributed by atoms with E-state index in [4.69, 9.17) is 48.1 Å². The van der Waals surface area contributed by atoms with Crippen molar-refractivity contribution in [1.29, 1.82) is 0 Å². The van der Waals surface area contributed by atoms with Crippen LogP contribution in [0.15, 0.2) is 72.8 Å². The van der Waals surface area contributed by atoms with E-state index in [1.165, 1.54) is 27.8 Å². The molecule has 37 heavy (non-hydrogen) atoms. The van der Waals surface area contributed by atoms with Crippen molar-refractivity contribution in [3.63, 3.8) is 0 Å². The number of H-pyrrole nitrogens is 1. The van der Waals surface area contributed by atoms with Crippen LogP contribution in [0.2, 0.25) is 10.0 Å². The van der Waals surface area contributed by atoms with E-state index in [0.29, 0.717) is 13.0 Å². The van der Waals surface area contributed by atoms with Gasteiger partial charge in [-0.1, -0.05) is 41.4 Å². The predicted octanol–water partition coefficient (Wildman–Crippen LogP) is 5.55. The molecule has 0 fully saturated rings. The number of ether oxygens (including phenoxy) is 1. The molecule has 9 heteroatoms. The van der Waals surface area contributed by atoms with Crippen LogP contribution in [0.25, 0.3) is 10.9 Å². The number of nitrogens with zero attached hydrogens (tertiary/aromatic N) is 1. The van der Waals surface area contributed by atoms with Gasteiger partial charge in [-0.2, -0.15) is 0 Å².